The van der Waals surface area contributed by atoms with Crippen molar-refractivity contribution in [2.45, 2.75) is 70.9 Å². The molecule has 1 rings (SSSR count). The monoisotopic (exact) mass is 363 g/mol. The van der Waals surface area contributed by atoms with E-state index in [9.17, 15) is 18.0 Å². The van der Waals surface area contributed by atoms with Gasteiger partial charge in [0.2, 0.25) is 5.91 Å². The SMILES string of the molecule is CCCCCCCCCCC(=O)Nc1cc(C(F)(F)F)ccc1Cl. The summed E-state index contributed by atoms with van der Waals surface area (Å²) >= 11 is 5.85. The maximum absolute atomic E-state index is 12.7. The summed E-state index contributed by atoms with van der Waals surface area (Å²) in [6.45, 7) is 2.18. The first-order chi connectivity index (χ1) is 11.3. The van der Waals surface area contributed by atoms with Crippen molar-refractivity contribution >= 4 is 23.2 Å². The van der Waals surface area contributed by atoms with E-state index in [2.05, 4.69) is 12.2 Å². The lowest BCUT2D eigenvalue weighted by Gasteiger charge is -2.11. The zero-order chi connectivity index (χ0) is 18.0. The number of carbonyl (C=O) groups excluding carboxylic acids is 1. The summed E-state index contributed by atoms with van der Waals surface area (Å²) in [7, 11) is 0. The topological polar surface area (TPSA) is 29.1 Å². The molecule has 0 aliphatic rings. The molecular weight excluding hydrogens is 339 g/mol. The normalized spacial score (nSPS) is 11.5. The molecule has 1 amide bonds. The Morgan fingerprint density at radius 3 is 2.21 bits per heavy atom. The van der Waals surface area contributed by atoms with Gasteiger partial charge in [0, 0.05) is 6.42 Å². The maximum atomic E-state index is 12.7. The quantitative estimate of drug-likeness (QED) is 0.453. The number of anilines is 1. The van der Waals surface area contributed by atoms with Gasteiger partial charge < -0.3 is 5.32 Å². The molecule has 2 nitrogen and oxygen atoms in total. The molecule has 0 bridgehead atoms. The first kappa shape index (κ1) is 20.8. The number of unbranched alkanes of at least 4 members (excludes halogenated alkanes) is 7. The Bertz CT molecular complexity index is 517. The fourth-order valence-electron chi connectivity index (χ4n) is 2.43. The molecule has 0 unspecified atom stereocenters. The number of rotatable bonds is 10. The largest absolute Gasteiger partial charge is 0.416 e. The van der Waals surface area contributed by atoms with Gasteiger partial charge in [0.25, 0.3) is 0 Å². The predicted octanol–water partition coefficient (Wildman–Crippen LogP) is 6.83. The second-order valence-corrected chi connectivity index (χ2v) is 6.37. The molecule has 1 N–H and O–H groups in total. The van der Waals surface area contributed by atoms with Crippen molar-refractivity contribution in [1.29, 1.82) is 0 Å². The summed E-state index contributed by atoms with van der Waals surface area (Å²) in [6.07, 6.45) is 4.74. The fraction of sp³-hybridized carbons (Fsp3) is 0.611. The Balaban J connectivity index is 2.33. The van der Waals surface area contributed by atoms with Gasteiger partial charge in [0.05, 0.1) is 16.3 Å². The van der Waals surface area contributed by atoms with Crippen molar-refractivity contribution in [3.8, 4) is 0 Å². The highest BCUT2D eigenvalue weighted by Crippen LogP contribution is 2.33. The van der Waals surface area contributed by atoms with Crippen molar-refractivity contribution in [3.63, 3.8) is 0 Å². The van der Waals surface area contributed by atoms with E-state index in [0.29, 0.717) is 6.42 Å². The van der Waals surface area contributed by atoms with Gasteiger partial charge in [0.1, 0.15) is 0 Å². The van der Waals surface area contributed by atoms with Gasteiger partial charge in [-0.25, -0.2) is 0 Å². The van der Waals surface area contributed by atoms with E-state index in [1.165, 1.54) is 32.1 Å². The molecule has 0 saturated heterocycles. The molecule has 0 fully saturated rings. The summed E-state index contributed by atoms with van der Waals surface area (Å²) < 4.78 is 38.0. The van der Waals surface area contributed by atoms with Crippen LogP contribution in [0.25, 0.3) is 0 Å². The van der Waals surface area contributed by atoms with Gasteiger partial charge in [-0.15, -0.1) is 0 Å². The number of carbonyl (C=O) groups is 1. The summed E-state index contributed by atoms with van der Waals surface area (Å²) in [4.78, 5) is 11.8. The number of amides is 1. The zero-order valence-corrected chi connectivity index (χ0v) is 14.8. The van der Waals surface area contributed by atoms with Crippen LogP contribution in [0.1, 0.15) is 70.3 Å². The van der Waals surface area contributed by atoms with Crippen molar-refractivity contribution in [2.24, 2.45) is 0 Å². The van der Waals surface area contributed by atoms with Gasteiger partial charge >= 0.3 is 6.18 Å². The molecule has 0 spiro atoms. The number of alkyl halides is 3. The van der Waals surface area contributed by atoms with Crippen LogP contribution in [0.3, 0.4) is 0 Å². The minimum absolute atomic E-state index is 0.0102. The second kappa shape index (κ2) is 10.6. The predicted molar refractivity (Wildman–Crippen MR) is 92.3 cm³/mol. The van der Waals surface area contributed by atoms with E-state index in [1.54, 1.807) is 0 Å². The summed E-state index contributed by atoms with van der Waals surface area (Å²) in [5.74, 6) is -0.304. The van der Waals surface area contributed by atoms with E-state index in [4.69, 9.17) is 11.6 Å². The van der Waals surface area contributed by atoms with Crippen molar-refractivity contribution in [1.82, 2.24) is 0 Å². The van der Waals surface area contributed by atoms with Crippen molar-refractivity contribution < 1.29 is 18.0 Å². The minimum atomic E-state index is -4.46. The van der Waals surface area contributed by atoms with E-state index in [0.717, 1.165) is 37.5 Å². The lowest BCUT2D eigenvalue weighted by molar-refractivity contribution is -0.137. The summed E-state index contributed by atoms with van der Waals surface area (Å²) in [5, 5.41) is 2.57. The Labute approximate surface area is 146 Å². The average Bonchev–Trinajstić information content (AvgIpc) is 2.51. The fourth-order valence-corrected chi connectivity index (χ4v) is 2.59. The Morgan fingerprint density at radius 1 is 1.04 bits per heavy atom. The molecule has 0 aromatic heterocycles. The lowest BCUT2D eigenvalue weighted by Crippen LogP contribution is -2.13. The van der Waals surface area contributed by atoms with Crippen LogP contribution in [-0.2, 0) is 11.0 Å². The third-order valence-electron chi connectivity index (χ3n) is 3.83. The lowest BCUT2D eigenvalue weighted by atomic mass is 10.1. The van der Waals surface area contributed by atoms with E-state index in [1.807, 2.05) is 0 Å². The van der Waals surface area contributed by atoms with Gasteiger partial charge in [0.15, 0.2) is 0 Å². The van der Waals surface area contributed by atoms with Gasteiger partial charge in [-0.1, -0.05) is 63.5 Å². The first-order valence-electron chi connectivity index (χ1n) is 8.51. The highest BCUT2D eigenvalue weighted by Gasteiger charge is 2.31. The summed E-state index contributed by atoms with van der Waals surface area (Å²) in [5.41, 5.74) is -0.815. The smallest absolute Gasteiger partial charge is 0.325 e. The molecule has 6 heteroatoms. The standard InChI is InChI=1S/C18H25ClF3NO/c1-2-3-4-5-6-7-8-9-10-17(24)23-16-13-14(18(20,21)22)11-12-15(16)19/h11-13H,2-10H2,1H3,(H,23,24). The van der Waals surface area contributed by atoms with Crippen molar-refractivity contribution in [3.05, 3.63) is 28.8 Å². The Kier molecular flexibility index (Phi) is 9.19. The molecule has 24 heavy (non-hydrogen) atoms. The highest BCUT2D eigenvalue weighted by atomic mass is 35.5. The van der Waals surface area contributed by atoms with Crippen LogP contribution in [0.15, 0.2) is 18.2 Å². The van der Waals surface area contributed by atoms with E-state index in [-0.39, 0.29) is 16.6 Å². The van der Waals surface area contributed by atoms with E-state index >= 15 is 0 Å². The molecular formula is C18H25ClF3NO. The zero-order valence-electron chi connectivity index (χ0n) is 14.0. The number of nitrogens with one attached hydrogen (secondary N) is 1. The number of hydrogen-bond acceptors (Lipinski definition) is 1. The average molecular weight is 364 g/mol. The molecule has 1 aromatic rings. The Morgan fingerprint density at radius 2 is 1.62 bits per heavy atom. The number of benzene rings is 1. The molecule has 0 radical (unpaired) electrons. The van der Waals surface area contributed by atoms with Crippen LogP contribution in [-0.4, -0.2) is 5.91 Å². The van der Waals surface area contributed by atoms with Crippen LogP contribution in [0.2, 0.25) is 5.02 Å². The molecule has 1 aromatic carbocycles. The summed E-state index contributed by atoms with van der Waals surface area (Å²) in [6, 6.07) is 2.92. The molecule has 136 valence electrons. The minimum Gasteiger partial charge on any atom is -0.325 e. The molecule has 0 heterocycles. The van der Waals surface area contributed by atoms with Gasteiger partial charge in [-0.05, 0) is 24.6 Å². The van der Waals surface area contributed by atoms with E-state index < -0.39 is 11.7 Å². The van der Waals surface area contributed by atoms with Gasteiger partial charge in [-0.3, -0.25) is 4.79 Å². The number of halogens is 4. The Hall–Kier alpha value is -1.23. The molecule has 0 atom stereocenters. The van der Waals surface area contributed by atoms with Crippen LogP contribution in [0, 0.1) is 0 Å². The van der Waals surface area contributed by atoms with Crippen LogP contribution in [0.4, 0.5) is 18.9 Å². The van der Waals surface area contributed by atoms with Gasteiger partial charge in [-0.2, -0.15) is 13.2 Å². The third-order valence-corrected chi connectivity index (χ3v) is 4.15. The maximum Gasteiger partial charge on any atom is 0.416 e. The van der Waals surface area contributed by atoms with Crippen LogP contribution < -0.4 is 5.32 Å². The van der Waals surface area contributed by atoms with Crippen LogP contribution >= 0.6 is 11.6 Å². The molecule has 0 saturated carbocycles. The van der Waals surface area contributed by atoms with Crippen molar-refractivity contribution in [2.75, 3.05) is 5.32 Å². The molecule has 0 aliphatic carbocycles. The van der Waals surface area contributed by atoms with Crippen LogP contribution in [0.5, 0.6) is 0 Å². The number of hydrogen-bond donors (Lipinski definition) is 1. The molecule has 0 aliphatic heterocycles. The second-order valence-electron chi connectivity index (χ2n) is 5.97. The highest BCUT2D eigenvalue weighted by molar-refractivity contribution is 6.33. The third kappa shape index (κ3) is 8.04. The first-order valence-corrected chi connectivity index (χ1v) is 8.89.